The highest BCUT2D eigenvalue weighted by Crippen LogP contribution is 2.17. The molecule has 466 valence electrons. The van der Waals surface area contributed by atoms with Gasteiger partial charge in [-0.15, -0.1) is 0 Å². The van der Waals surface area contributed by atoms with Gasteiger partial charge < -0.3 is 14.2 Å². The van der Waals surface area contributed by atoms with Crippen molar-refractivity contribution in [2.24, 2.45) is 0 Å². The molecule has 0 amide bonds. The van der Waals surface area contributed by atoms with E-state index in [2.05, 4.69) is 118 Å². The van der Waals surface area contributed by atoms with E-state index in [1.165, 1.54) is 186 Å². The van der Waals surface area contributed by atoms with Gasteiger partial charge in [-0.25, -0.2) is 0 Å². The van der Waals surface area contributed by atoms with Gasteiger partial charge in [0.2, 0.25) is 0 Å². The third-order valence-corrected chi connectivity index (χ3v) is 15.1. The first-order valence-electron chi connectivity index (χ1n) is 34.7. The van der Waals surface area contributed by atoms with Crippen LogP contribution in [0, 0.1) is 0 Å². The first-order chi connectivity index (χ1) is 40.0. The molecular formula is C75H130O6. The fourth-order valence-electron chi connectivity index (χ4n) is 9.89. The number of rotatable bonds is 63. The quantitative estimate of drug-likeness (QED) is 0.0261. The van der Waals surface area contributed by atoms with Gasteiger partial charge in [-0.2, -0.15) is 0 Å². The van der Waals surface area contributed by atoms with Crippen LogP contribution in [0.15, 0.2) is 97.2 Å². The van der Waals surface area contributed by atoms with Crippen LogP contribution in [0.2, 0.25) is 0 Å². The molecule has 0 spiro atoms. The summed E-state index contributed by atoms with van der Waals surface area (Å²) < 4.78 is 16.9. The predicted octanol–water partition coefficient (Wildman–Crippen LogP) is 24.0. The van der Waals surface area contributed by atoms with E-state index in [-0.39, 0.29) is 31.1 Å². The third-order valence-electron chi connectivity index (χ3n) is 15.1. The van der Waals surface area contributed by atoms with Crippen molar-refractivity contribution in [3.05, 3.63) is 97.2 Å². The Kier molecular flexibility index (Phi) is 65.7. The van der Waals surface area contributed by atoms with E-state index in [9.17, 15) is 14.4 Å². The second-order valence-electron chi connectivity index (χ2n) is 23.1. The summed E-state index contributed by atoms with van der Waals surface area (Å²) in [6, 6.07) is 0. The van der Waals surface area contributed by atoms with E-state index in [0.717, 1.165) is 116 Å². The van der Waals surface area contributed by atoms with Crippen LogP contribution in [-0.4, -0.2) is 37.2 Å². The van der Waals surface area contributed by atoms with Gasteiger partial charge in [-0.1, -0.05) is 317 Å². The second-order valence-corrected chi connectivity index (χ2v) is 23.1. The second kappa shape index (κ2) is 68.8. The minimum Gasteiger partial charge on any atom is -0.462 e. The van der Waals surface area contributed by atoms with Gasteiger partial charge in [-0.3, -0.25) is 14.4 Å². The van der Waals surface area contributed by atoms with Crippen LogP contribution in [0.5, 0.6) is 0 Å². The summed E-state index contributed by atoms with van der Waals surface area (Å²) >= 11 is 0. The zero-order chi connectivity index (χ0) is 58.5. The molecule has 0 bridgehead atoms. The van der Waals surface area contributed by atoms with Crippen molar-refractivity contribution >= 4 is 17.9 Å². The zero-order valence-corrected chi connectivity index (χ0v) is 53.5. The molecule has 1 atom stereocenters. The highest BCUT2D eigenvalue weighted by atomic mass is 16.6. The normalized spacial score (nSPS) is 12.7. The first-order valence-corrected chi connectivity index (χ1v) is 34.7. The zero-order valence-electron chi connectivity index (χ0n) is 53.5. The molecule has 6 nitrogen and oxygen atoms in total. The lowest BCUT2D eigenvalue weighted by Gasteiger charge is -2.18. The van der Waals surface area contributed by atoms with Gasteiger partial charge in [0, 0.05) is 19.3 Å². The number of carbonyl (C=O) groups is 3. The summed E-state index contributed by atoms with van der Waals surface area (Å²) in [4.78, 5) is 38.3. The average Bonchev–Trinajstić information content (AvgIpc) is 3.46. The molecule has 0 saturated heterocycles. The monoisotopic (exact) mass is 1130 g/mol. The number of ether oxygens (including phenoxy) is 3. The van der Waals surface area contributed by atoms with E-state index >= 15 is 0 Å². The molecule has 0 N–H and O–H groups in total. The van der Waals surface area contributed by atoms with Crippen LogP contribution in [-0.2, 0) is 28.6 Å². The summed E-state index contributed by atoms with van der Waals surface area (Å²) in [7, 11) is 0. The van der Waals surface area contributed by atoms with Crippen molar-refractivity contribution in [1.29, 1.82) is 0 Å². The van der Waals surface area contributed by atoms with Gasteiger partial charge in [-0.05, 0) is 103 Å². The van der Waals surface area contributed by atoms with Crippen molar-refractivity contribution in [1.82, 2.24) is 0 Å². The molecule has 81 heavy (non-hydrogen) atoms. The van der Waals surface area contributed by atoms with Crippen molar-refractivity contribution < 1.29 is 28.6 Å². The summed E-state index contributed by atoms with van der Waals surface area (Å²) in [6.45, 7) is 6.55. The largest absolute Gasteiger partial charge is 0.462 e. The summed E-state index contributed by atoms with van der Waals surface area (Å²) in [5.74, 6) is -0.870. The van der Waals surface area contributed by atoms with Crippen molar-refractivity contribution in [2.75, 3.05) is 13.2 Å². The number of allylic oxidation sites excluding steroid dienone is 16. The fraction of sp³-hybridized carbons (Fsp3) is 0.747. The van der Waals surface area contributed by atoms with E-state index in [1.54, 1.807) is 0 Å². The Labute approximate surface area is 502 Å². The molecule has 0 saturated carbocycles. The van der Waals surface area contributed by atoms with Crippen LogP contribution in [0.4, 0.5) is 0 Å². The Bertz CT molecular complexity index is 1580. The maximum atomic E-state index is 12.9. The van der Waals surface area contributed by atoms with E-state index in [4.69, 9.17) is 14.2 Å². The predicted molar refractivity (Wildman–Crippen MR) is 353 cm³/mol. The van der Waals surface area contributed by atoms with Crippen molar-refractivity contribution in [3.8, 4) is 0 Å². The van der Waals surface area contributed by atoms with Crippen LogP contribution in [0.1, 0.15) is 342 Å². The van der Waals surface area contributed by atoms with Gasteiger partial charge >= 0.3 is 17.9 Å². The summed E-state index contributed by atoms with van der Waals surface area (Å²) in [6.07, 6.45) is 92.9. The lowest BCUT2D eigenvalue weighted by Crippen LogP contribution is -2.30. The minimum atomic E-state index is -0.779. The van der Waals surface area contributed by atoms with Crippen molar-refractivity contribution in [2.45, 2.75) is 348 Å². The Balaban J connectivity index is 4.16. The van der Waals surface area contributed by atoms with Gasteiger partial charge in [0.05, 0.1) is 0 Å². The minimum absolute atomic E-state index is 0.0756. The number of esters is 3. The van der Waals surface area contributed by atoms with Crippen LogP contribution < -0.4 is 0 Å². The number of hydrogen-bond donors (Lipinski definition) is 0. The highest BCUT2D eigenvalue weighted by molar-refractivity contribution is 5.71. The molecule has 0 aromatic rings. The molecule has 0 aliphatic rings. The molecule has 0 aliphatic carbocycles. The van der Waals surface area contributed by atoms with Crippen LogP contribution >= 0.6 is 0 Å². The molecule has 0 fully saturated rings. The Morgan fingerprint density at radius 2 is 0.481 bits per heavy atom. The molecular weight excluding hydrogens is 997 g/mol. The molecule has 0 aromatic carbocycles. The molecule has 0 rings (SSSR count). The highest BCUT2D eigenvalue weighted by Gasteiger charge is 2.19. The lowest BCUT2D eigenvalue weighted by atomic mass is 10.0. The van der Waals surface area contributed by atoms with Gasteiger partial charge in [0.15, 0.2) is 6.10 Å². The molecule has 0 radical (unpaired) electrons. The number of unbranched alkanes of at least 4 members (excludes halogenated alkanes) is 36. The van der Waals surface area contributed by atoms with Gasteiger partial charge in [0.1, 0.15) is 13.2 Å². The smallest absolute Gasteiger partial charge is 0.306 e. The molecule has 0 aromatic heterocycles. The Hall–Kier alpha value is -3.67. The topological polar surface area (TPSA) is 78.9 Å². The number of hydrogen-bond acceptors (Lipinski definition) is 6. The van der Waals surface area contributed by atoms with Crippen LogP contribution in [0.25, 0.3) is 0 Å². The van der Waals surface area contributed by atoms with Gasteiger partial charge in [0.25, 0.3) is 0 Å². The molecule has 1 unspecified atom stereocenters. The fourth-order valence-corrected chi connectivity index (χ4v) is 9.89. The summed E-state index contributed by atoms with van der Waals surface area (Å²) in [5, 5.41) is 0. The standard InChI is InChI=1S/C75H130O6/c1-4-7-10-13-16-19-22-25-27-28-29-30-31-32-33-34-35-36-37-38-39-40-41-42-43-44-45-46-48-50-53-56-59-62-65-68-74(77)80-71-72(70-79-73(76)67-64-61-58-55-52-49-24-21-18-15-12-9-6-3)81-75(78)69-66-63-60-57-54-51-47-26-23-20-17-14-11-8-5-2/h7,10,16,19,25-27,29-30,32-33,35-36,38-39,47,72H,4-6,8-9,11-15,17-18,20-24,28,31,34,37,40-46,48-71H2,1-3H3/b10-7-,19-16-,27-25-,30-29-,33-32-,36-35-,39-38-,47-26-. The van der Waals surface area contributed by atoms with E-state index in [0.29, 0.717) is 19.3 Å². The average molecular weight is 1130 g/mol. The Morgan fingerprint density at radius 1 is 0.259 bits per heavy atom. The maximum absolute atomic E-state index is 12.9. The lowest BCUT2D eigenvalue weighted by molar-refractivity contribution is -0.167. The Morgan fingerprint density at radius 3 is 0.765 bits per heavy atom. The van der Waals surface area contributed by atoms with Crippen LogP contribution in [0.3, 0.4) is 0 Å². The molecule has 0 aliphatic heterocycles. The summed E-state index contributed by atoms with van der Waals surface area (Å²) in [5.41, 5.74) is 0. The molecule has 0 heterocycles. The van der Waals surface area contributed by atoms with E-state index < -0.39 is 6.10 Å². The first kappa shape index (κ1) is 77.3. The third kappa shape index (κ3) is 67.0. The number of carbonyl (C=O) groups excluding carboxylic acids is 3. The molecule has 6 heteroatoms. The maximum Gasteiger partial charge on any atom is 0.306 e. The SMILES string of the molecule is CC/C=C\C/C=C\C/C=C\C/C=C\C/C=C\C/C=C\C/C=C\CCCCCCCCCCCCCCCC(=O)OCC(COC(=O)CCCCCCCCCCCCCCC)OC(=O)CCCCCCC/C=C\CCCCCCCC. The van der Waals surface area contributed by atoms with E-state index in [1.807, 2.05) is 0 Å². The van der Waals surface area contributed by atoms with Crippen molar-refractivity contribution in [3.63, 3.8) is 0 Å².